The maximum Gasteiger partial charge on any atom is 0.0487 e. The van der Waals surface area contributed by atoms with Gasteiger partial charge >= 0.3 is 0 Å². The summed E-state index contributed by atoms with van der Waals surface area (Å²) in [6, 6.07) is 0. The highest BCUT2D eigenvalue weighted by Crippen LogP contribution is 1.48. The molecule has 0 radical (unpaired) electrons. The summed E-state index contributed by atoms with van der Waals surface area (Å²) in [4.78, 5) is 0. The van der Waals surface area contributed by atoms with Crippen LogP contribution in [0.15, 0.2) is 10.2 Å². The number of rotatable bonds is 0. The molecule has 0 N–H and O–H groups in total. The average molecular weight is 58.1 g/mol. The minimum absolute atomic E-state index is 1.64. The van der Waals surface area contributed by atoms with Gasteiger partial charge in [0.15, 0.2) is 0 Å². The highest BCUT2D eigenvalue weighted by Gasteiger charge is 1.31. The molecule has 0 aliphatic heterocycles. The van der Waals surface area contributed by atoms with Crippen molar-refractivity contribution in [3.05, 3.63) is 0 Å². The Labute approximate surface area is 25.6 Å². The first-order valence-corrected chi connectivity index (χ1v) is 1.09. The summed E-state index contributed by atoms with van der Waals surface area (Å²) < 4.78 is 0. The summed E-state index contributed by atoms with van der Waals surface area (Å²) in [5.74, 6) is 0. The maximum atomic E-state index is 3.36. The van der Waals surface area contributed by atoms with Gasteiger partial charge in [-0.15, -0.1) is 0 Å². The molecule has 0 amide bonds. The molecule has 4 heavy (non-hydrogen) atoms. The van der Waals surface area contributed by atoms with E-state index in [0.717, 1.165) is 0 Å². The Morgan fingerprint density at radius 1 is 1.00 bits per heavy atom. The summed E-state index contributed by atoms with van der Waals surface area (Å²) in [5.41, 5.74) is 0. The van der Waals surface area contributed by atoms with Gasteiger partial charge in [-0.1, -0.05) is 0 Å². The van der Waals surface area contributed by atoms with Crippen LogP contribution in [0.4, 0.5) is 0 Å². The zero-order valence-electron chi connectivity index (χ0n) is 2.89. The lowest BCUT2D eigenvalue weighted by Gasteiger charge is -1.54. The van der Waals surface area contributed by atoms with Crippen LogP contribution in [0, 0.1) is 0 Å². The average Bonchev–Trinajstić information content (AvgIpc) is 1.37. The lowest BCUT2D eigenvalue weighted by Crippen LogP contribution is -1.38. The van der Waals surface area contributed by atoms with E-state index in [2.05, 4.69) is 10.2 Å². The number of hydrogen-bond donors (Lipinski definition) is 0. The molecule has 0 bridgehead atoms. The molecule has 0 rings (SSSR count). The summed E-state index contributed by atoms with van der Waals surface area (Å²) in [7, 11) is 3.28. The van der Waals surface area contributed by atoms with E-state index in [0.29, 0.717) is 0 Å². The van der Waals surface area contributed by atoms with Crippen LogP contribution in [0.25, 0.3) is 0 Å². The van der Waals surface area contributed by atoms with E-state index in [4.69, 9.17) is 0 Å². The molecule has 0 heterocycles. The predicted molar refractivity (Wildman–Crippen MR) is 16.7 cm³/mol. The number of azo groups is 1. The van der Waals surface area contributed by atoms with Crippen molar-refractivity contribution in [2.45, 2.75) is 0 Å². The normalized spacial score (nSPS) is 9.50. The molecule has 0 unspecified atom stereocenters. The van der Waals surface area contributed by atoms with Crippen molar-refractivity contribution in [3.63, 3.8) is 0 Å². The van der Waals surface area contributed by atoms with Gasteiger partial charge in [-0.3, -0.25) is 0 Å². The summed E-state index contributed by atoms with van der Waals surface area (Å²) in [6.45, 7) is 0. The summed E-state index contributed by atoms with van der Waals surface area (Å²) in [5, 5.41) is 6.72. The van der Waals surface area contributed by atoms with Crippen molar-refractivity contribution in [1.82, 2.24) is 0 Å². The van der Waals surface area contributed by atoms with Crippen LogP contribution in [-0.4, -0.2) is 14.1 Å². The Morgan fingerprint density at radius 2 is 1.25 bits per heavy atom. The Bertz CT molecular complexity index is 19.2. The van der Waals surface area contributed by atoms with Gasteiger partial charge in [-0.05, 0) is 0 Å². The van der Waals surface area contributed by atoms with Gasteiger partial charge in [-0.25, -0.2) is 0 Å². The first kappa shape index (κ1) is 3.60. The van der Waals surface area contributed by atoms with Gasteiger partial charge in [0.2, 0.25) is 0 Å². The van der Waals surface area contributed by atoms with Crippen LogP contribution in [0.5, 0.6) is 0 Å². The number of hydrogen-bond acceptors (Lipinski definition) is 2. The quantitative estimate of drug-likeness (QED) is 0.366. The third-order valence-electron chi connectivity index (χ3n) is 0.200. The molecular formula is C2H6N2. The van der Waals surface area contributed by atoms with Crippen LogP contribution >= 0.6 is 0 Å². The van der Waals surface area contributed by atoms with Crippen LogP contribution in [0.2, 0.25) is 0 Å². The molecular weight excluding hydrogens is 52.0 g/mol. The third-order valence-corrected chi connectivity index (χ3v) is 0.200. The minimum atomic E-state index is 1.64. The van der Waals surface area contributed by atoms with Gasteiger partial charge in [-0.2, -0.15) is 10.2 Å². The third kappa shape index (κ3) is 1.60. The van der Waals surface area contributed by atoms with Crippen molar-refractivity contribution >= 4 is 0 Å². The predicted octanol–water partition coefficient (Wildman–Crippen LogP) is 0.698. The van der Waals surface area contributed by atoms with Gasteiger partial charge in [0.1, 0.15) is 0 Å². The molecule has 0 aromatic rings. The van der Waals surface area contributed by atoms with E-state index in [1.165, 1.54) is 0 Å². The van der Waals surface area contributed by atoms with Crippen molar-refractivity contribution < 1.29 is 0 Å². The zero-order valence-corrected chi connectivity index (χ0v) is 2.89. The van der Waals surface area contributed by atoms with Gasteiger partial charge in [0, 0.05) is 14.1 Å². The second-order valence-electron chi connectivity index (χ2n) is 0.400. The fourth-order valence-corrected chi connectivity index (χ4v) is 0. The van der Waals surface area contributed by atoms with Crippen molar-refractivity contribution in [3.8, 4) is 0 Å². The summed E-state index contributed by atoms with van der Waals surface area (Å²) in [6.07, 6.45) is 0. The molecule has 24 valence electrons. The molecule has 2 nitrogen and oxygen atoms in total. The van der Waals surface area contributed by atoms with Crippen molar-refractivity contribution in [2.75, 3.05) is 14.1 Å². The monoisotopic (exact) mass is 58.1 g/mol. The molecule has 0 saturated heterocycles. The molecule has 0 aromatic heterocycles. The molecule has 0 atom stereocenters. The Balaban J connectivity index is 2.55. The van der Waals surface area contributed by atoms with Crippen LogP contribution in [0.1, 0.15) is 0 Å². The maximum absolute atomic E-state index is 3.36. The van der Waals surface area contributed by atoms with Crippen LogP contribution < -0.4 is 0 Å². The summed E-state index contributed by atoms with van der Waals surface area (Å²) >= 11 is 0. The smallest absolute Gasteiger partial charge is 0.0487 e. The van der Waals surface area contributed by atoms with E-state index in [1.807, 2.05) is 0 Å². The second kappa shape index (κ2) is 2.60. The van der Waals surface area contributed by atoms with Crippen molar-refractivity contribution in [2.24, 2.45) is 10.2 Å². The van der Waals surface area contributed by atoms with E-state index >= 15 is 0 Å². The molecule has 0 aliphatic carbocycles. The van der Waals surface area contributed by atoms with E-state index in [1.54, 1.807) is 14.1 Å². The second-order valence-corrected chi connectivity index (χ2v) is 0.400. The molecule has 0 aliphatic rings. The van der Waals surface area contributed by atoms with Gasteiger partial charge < -0.3 is 0 Å². The highest BCUT2D eigenvalue weighted by molar-refractivity contribution is 3.96. The van der Waals surface area contributed by atoms with Crippen molar-refractivity contribution in [1.29, 1.82) is 0 Å². The fourth-order valence-electron chi connectivity index (χ4n) is 0. The van der Waals surface area contributed by atoms with Gasteiger partial charge in [0.25, 0.3) is 0 Å². The minimum Gasteiger partial charge on any atom is -0.198 e. The standard InChI is InChI=1S/C2H6N2/c1-3-4-2/h1-2H3/b4-3+. The van der Waals surface area contributed by atoms with Gasteiger partial charge in [0.05, 0.1) is 0 Å². The molecule has 0 aromatic carbocycles. The molecule has 0 fully saturated rings. The molecule has 0 spiro atoms. The zero-order chi connectivity index (χ0) is 3.41. The SMILES string of the molecule is C/N=N/C. The molecule has 0 saturated carbocycles. The van der Waals surface area contributed by atoms with E-state index in [9.17, 15) is 0 Å². The number of nitrogens with zero attached hydrogens (tertiary/aromatic N) is 2. The molecule has 2 heteroatoms. The van der Waals surface area contributed by atoms with E-state index < -0.39 is 0 Å². The van der Waals surface area contributed by atoms with Crippen LogP contribution in [0.3, 0.4) is 0 Å². The van der Waals surface area contributed by atoms with E-state index in [-0.39, 0.29) is 0 Å². The first-order chi connectivity index (χ1) is 1.91. The first-order valence-electron chi connectivity index (χ1n) is 1.09. The van der Waals surface area contributed by atoms with Crippen LogP contribution in [-0.2, 0) is 0 Å². The Kier molecular flexibility index (Phi) is 2.34. The topological polar surface area (TPSA) is 24.7 Å². The Hall–Kier alpha value is -0.400. The lowest BCUT2D eigenvalue weighted by molar-refractivity contribution is 1.11. The largest absolute Gasteiger partial charge is 0.198 e. The Morgan fingerprint density at radius 3 is 1.25 bits per heavy atom. The highest BCUT2D eigenvalue weighted by atomic mass is 15.0. The fraction of sp³-hybridized carbons (Fsp3) is 1.00. The lowest BCUT2D eigenvalue weighted by atomic mass is 11.5.